The molecule has 1 heterocycles. The second kappa shape index (κ2) is 7.63. The van der Waals surface area contributed by atoms with E-state index in [9.17, 15) is 10.1 Å². The molecule has 2 aromatic carbocycles. The van der Waals surface area contributed by atoms with Gasteiger partial charge in [-0.15, -0.1) is 0 Å². The fraction of sp³-hybridized carbons (Fsp3) is 0.368. The van der Waals surface area contributed by atoms with E-state index in [0.29, 0.717) is 18.9 Å². The second-order valence-electron chi connectivity index (χ2n) is 6.30. The minimum absolute atomic E-state index is 0.0727. The number of rotatable bonds is 6. The van der Waals surface area contributed by atoms with Crippen LogP contribution in [-0.4, -0.2) is 23.7 Å². The molecule has 3 rings (SSSR count). The first-order valence-electron chi connectivity index (χ1n) is 8.34. The Balaban J connectivity index is 1.78. The van der Waals surface area contributed by atoms with Gasteiger partial charge in [0, 0.05) is 36.3 Å². The zero-order chi connectivity index (χ0) is 17.8. The highest BCUT2D eigenvalue weighted by Crippen LogP contribution is 2.33. The third-order valence-corrected chi connectivity index (χ3v) is 4.31. The zero-order valence-electron chi connectivity index (χ0n) is 14.5. The second-order valence-corrected chi connectivity index (χ2v) is 6.30. The van der Waals surface area contributed by atoms with Gasteiger partial charge in [0.05, 0.1) is 11.5 Å². The number of aryl methyl sites for hydroxylation is 1. The van der Waals surface area contributed by atoms with Crippen LogP contribution in [0.2, 0.25) is 0 Å². The van der Waals surface area contributed by atoms with Gasteiger partial charge in [-0.05, 0) is 24.6 Å². The van der Waals surface area contributed by atoms with Crippen molar-refractivity contribution in [3.8, 4) is 5.75 Å². The molecule has 1 aliphatic heterocycles. The van der Waals surface area contributed by atoms with E-state index in [4.69, 9.17) is 9.47 Å². The summed E-state index contributed by atoms with van der Waals surface area (Å²) in [5.41, 5.74) is 4.15. The lowest BCUT2D eigenvalue weighted by molar-refractivity contribution is -0.385. The number of nitrogens with zero attached hydrogens (tertiary/aromatic N) is 2. The van der Waals surface area contributed by atoms with Crippen LogP contribution in [0.15, 0.2) is 36.4 Å². The monoisotopic (exact) mass is 342 g/mol. The number of hydrogen-bond acceptors (Lipinski definition) is 5. The van der Waals surface area contributed by atoms with Crippen molar-refractivity contribution >= 4 is 5.69 Å². The molecule has 6 nitrogen and oxygen atoms in total. The molecule has 2 aromatic rings. The SMILES string of the molecule is CCc1ccc(CN(C)Cc2cc([N+](=O)[O-])cc3c2OCOC3)cc1. The number of fused-ring (bicyclic) bond motifs is 1. The summed E-state index contributed by atoms with van der Waals surface area (Å²) in [7, 11) is 2.00. The molecule has 0 radical (unpaired) electrons. The molecule has 0 bridgehead atoms. The third kappa shape index (κ3) is 4.15. The highest BCUT2D eigenvalue weighted by molar-refractivity contribution is 5.50. The van der Waals surface area contributed by atoms with E-state index < -0.39 is 0 Å². The predicted molar refractivity (Wildman–Crippen MR) is 94.4 cm³/mol. The molecular weight excluding hydrogens is 320 g/mol. The van der Waals surface area contributed by atoms with Crippen molar-refractivity contribution in [3.05, 3.63) is 68.8 Å². The van der Waals surface area contributed by atoms with Gasteiger partial charge in [-0.25, -0.2) is 0 Å². The molecule has 6 heteroatoms. The van der Waals surface area contributed by atoms with Crippen LogP contribution < -0.4 is 4.74 Å². The molecule has 0 saturated heterocycles. The summed E-state index contributed by atoms with van der Waals surface area (Å²) < 4.78 is 10.8. The molecule has 0 saturated carbocycles. The van der Waals surface area contributed by atoms with Gasteiger partial charge in [-0.1, -0.05) is 31.2 Å². The van der Waals surface area contributed by atoms with E-state index >= 15 is 0 Å². The van der Waals surface area contributed by atoms with E-state index in [1.165, 1.54) is 17.2 Å². The third-order valence-electron chi connectivity index (χ3n) is 4.31. The quantitative estimate of drug-likeness (QED) is 0.592. The fourth-order valence-corrected chi connectivity index (χ4v) is 3.04. The molecule has 0 aliphatic carbocycles. The standard InChI is InChI=1S/C19H22N2O4/c1-3-14-4-6-15(7-5-14)10-20(2)11-16-8-18(21(22)23)9-17-12-24-13-25-19(16)17/h4-9H,3,10-13H2,1-2H3. The van der Waals surface area contributed by atoms with Crippen LogP contribution in [0.4, 0.5) is 5.69 Å². The van der Waals surface area contributed by atoms with Gasteiger partial charge in [0.2, 0.25) is 0 Å². The first-order chi connectivity index (χ1) is 12.1. The maximum absolute atomic E-state index is 11.2. The van der Waals surface area contributed by atoms with E-state index in [1.807, 2.05) is 7.05 Å². The average molecular weight is 342 g/mol. The van der Waals surface area contributed by atoms with E-state index in [1.54, 1.807) is 6.07 Å². The van der Waals surface area contributed by atoms with E-state index in [0.717, 1.165) is 24.1 Å². The van der Waals surface area contributed by atoms with E-state index in [2.05, 4.69) is 36.1 Å². The highest BCUT2D eigenvalue weighted by Gasteiger charge is 2.21. The maximum atomic E-state index is 11.2. The summed E-state index contributed by atoms with van der Waals surface area (Å²) in [6.07, 6.45) is 1.02. The Morgan fingerprint density at radius 3 is 2.56 bits per heavy atom. The Bertz CT molecular complexity index is 759. The molecule has 0 atom stereocenters. The van der Waals surface area contributed by atoms with Crippen molar-refractivity contribution in [2.75, 3.05) is 13.8 Å². The van der Waals surface area contributed by atoms with Crippen LogP contribution in [-0.2, 0) is 30.9 Å². The van der Waals surface area contributed by atoms with Crippen molar-refractivity contribution in [1.29, 1.82) is 0 Å². The van der Waals surface area contributed by atoms with Crippen LogP contribution >= 0.6 is 0 Å². The molecule has 0 unspecified atom stereocenters. The van der Waals surface area contributed by atoms with Gasteiger partial charge in [-0.3, -0.25) is 15.0 Å². The van der Waals surface area contributed by atoms with Gasteiger partial charge in [0.25, 0.3) is 5.69 Å². The number of ether oxygens (including phenoxy) is 2. The average Bonchev–Trinajstić information content (AvgIpc) is 2.62. The fourth-order valence-electron chi connectivity index (χ4n) is 3.04. The largest absolute Gasteiger partial charge is 0.467 e. The highest BCUT2D eigenvalue weighted by atomic mass is 16.7. The van der Waals surface area contributed by atoms with Gasteiger partial charge in [0.15, 0.2) is 6.79 Å². The molecule has 1 aliphatic rings. The van der Waals surface area contributed by atoms with Crippen molar-refractivity contribution in [2.45, 2.75) is 33.0 Å². The summed E-state index contributed by atoms with van der Waals surface area (Å²) in [6, 6.07) is 11.7. The summed E-state index contributed by atoms with van der Waals surface area (Å²) in [6.45, 7) is 3.99. The minimum atomic E-state index is -0.373. The Kier molecular flexibility index (Phi) is 5.31. The number of non-ortho nitro benzene ring substituents is 1. The van der Waals surface area contributed by atoms with Gasteiger partial charge < -0.3 is 9.47 Å². The van der Waals surface area contributed by atoms with Crippen molar-refractivity contribution in [1.82, 2.24) is 4.90 Å². The van der Waals surface area contributed by atoms with E-state index in [-0.39, 0.29) is 17.4 Å². The molecular formula is C19H22N2O4. The van der Waals surface area contributed by atoms with Gasteiger partial charge >= 0.3 is 0 Å². The number of benzene rings is 2. The molecule has 0 spiro atoms. The van der Waals surface area contributed by atoms with Crippen LogP contribution in [0.3, 0.4) is 0 Å². The lowest BCUT2D eigenvalue weighted by Crippen LogP contribution is -2.20. The summed E-state index contributed by atoms with van der Waals surface area (Å²) in [4.78, 5) is 12.9. The van der Waals surface area contributed by atoms with Crippen LogP contribution in [0, 0.1) is 10.1 Å². The molecule has 0 aromatic heterocycles. The smallest absolute Gasteiger partial charge is 0.270 e. The molecule has 25 heavy (non-hydrogen) atoms. The Morgan fingerprint density at radius 1 is 1.16 bits per heavy atom. The van der Waals surface area contributed by atoms with Gasteiger partial charge in [0.1, 0.15) is 5.75 Å². The van der Waals surface area contributed by atoms with Gasteiger partial charge in [-0.2, -0.15) is 0 Å². The molecule has 0 amide bonds. The summed E-state index contributed by atoms with van der Waals surface area (Å²) >= 11 is 0. The minimum Gasteiger partial charge on any atom is -0.467 e. The normalized spacial score (nSPS) is 13.4. The lowest BCUT2D eigenvalue weighted by atomic mass is 10.1. The van der Waals surface area contributed by atoms with Crippen molar-refractivity contribution in [2.24, 2.45) is 0 Å². The van der Waals surface area contributed by atoms with Crippen LogP contribution in [0.1, 0.15) is 29.2 Å². The molecule has 132 valence electrons. The first-order valence-corrected chi connectivity index (χ1v) is 8.34. The van der Waals surface area contributed by atoms with Crippen molar-refractivity contribution in [3.63, 3.8) is 0 Å². The summed E-state index contributed by atoms with van der Waals surface area (Å²) in [5, 5.41) is 11.2. The Hall–Kier alpha value is -2.44. The first kappa shape index (κ1) is 17.4. The lowest BCUT2D eigenvalue weighted by Gasteiger charge is -2.23. The predicted octanol–water partition coefficient (Wildman–Crippen LogP) is 3.66. The van der Waals surface area contributed by atoms with Crippen LogP contribution in [0.25, 0.3) is 0 Å². The number of nitro benzene ring substituents is 1. The number of hydrogen-bond donors (Lipinski definition) is 0. The molecule has 0 fully saturated rings. The molecule has 0 N–H and O–H groups in total. The Labute approximate surface area is 147 Å². The number of nitro groups is 1. The summed E-state index contributed by atoms with van der Waals surface area (Å²) in [5.74, 6) is 0.713. The topological polar surface area (TPSA) is 64.8 Å². The van der Waals surface area contributed by atoms with Crippen LogP contribution in [0.5, 0.6) is 5.75 Å². The Morgan fingerprint density at radius 2 is 1.88 bits per heavy atom. The van der Waals surface area contributed by atoms with Crippen molar-refractivity contribution < 1.29 is 14.4 Å². The maximum Gasteiger partial charge on any atom is 0.270 e. The zero-order valence-corrected chi connectivity index (χ0v) is 14.5.